The number of nitrogens with zero attached hydrogens (tertiary/aromatic N) is 1. The Labute approximate surface area is 193 Å². The van der Waals surface area contributed by atoms with Crippen LogP contribution in [0.5, 0.6) is 5.75 Å². The molecular weight excluding hydrogens is 469 g/mol. The van der Waals surface area contributed by atoms with Gasteiger partial charge in [0.1, 0.15) is 0 Å². The van der Waals surface area contributed by atoms with Crippen LogP contribution >= 0.6 is 11.8 Å². The molecule has 2 aromatic carbocycles. The van der Waals surface area contributed by atoms with Gasteiger partial charge >= 0.3 is 194 Å². The van der Waals surface area contributed by atoms with E-state index >= 15 is 0 Å². The normalized spacial score (nSPS) is 12.3. The molecule has 0 atom stereocenters. The first-order valence-electron chi connectivity index (χ1n) is 10.4. The third-order valence-corrected chi connectivity index (χ3v) is 14.2. The van der Waals surface area contributed by atoms with Crippen molar-refractivity contribution in [3.05, 3.63) is 63.7 Å². The van der Waals surface area contributed by atoms with Crippen molar-refractivity contribution >= 4 is 34.6 Å². The summed E-state index contributed by atoms with van der Waals surface area (Å²) in [6, 6.07) is 15.4. The van der Waals surface area contributed by atoms with Gasteiger partial charge in [0.05, 0.1) is 0 Å². The fraction of sp³-hybridized carbons (Fsp3) is 0.400. The molecule has 160 valence electrons. The summed E-state index contributed by atoms with van der Waals surface area (Å²) in [5, 5.41) is 0.205. The summed E-state index contributed by atoms with van der Waals surface area (Å²) in [6.45, 7) is 17.9. The minimum atomic E-state index is -1.81. The van der Waals surface area contributed by atoms with Crippen LogP contribution < -0.4 is 4.43 Å². The van der Waals surface area contributed by atoms with Gasteiger partial charge in [-0.05, 0) is 0 Å². The second kappa shape index (κ2) is 9.08. The standard InChI is InChI=1S/C25H33NOSSeSi/c1-17-9-11-20(12-10-17)24-26-19(3)23(29-24)16-28-21-13-14-22(18(2)15-21)27-30(7,8)25(4,5)6/h9-15H,16H2,1-8H3. The molecule has 0 bridgehead atoms. The summed E-state index contributed by atoms with van der Waals surface area (Å²) in [7, 11) is -1.81. The zero-order valence-electron chi connectivity index (χ0n) is 19.4. The zero-order chi connectivity index (χ0) is 22.1. The maximum atomic E-state index is 6.52. The molecule has 0 N–H and O–H groups in total. The Morgan fingerprint density at radius 2 is 1.67 bits per heavy atom. The van der Waals surface area contributed by atoms with E-state index in [9.17, 15) is 0 Å². The van der Waals surface area contributed by atoms with E-state index in [1.165, 1.54) is 36.3 Å². The van der Waals surface area contributed by atoms with E-state index in [1.807, 2.05) is 11.8 Å². The number of hydrogen-bond acceptors (Lipinski definition) is 3. The fourth-order valence-corrected chi connectivity index (χ4v) is 7.41. The molecule has 2 nitrogen and oxygen atoms in total. The van der Waals surface area contributed by atoms with Crippen LogP contribution in [0.3, 0.4) is 0 Å². The van der Waals surface area contributed by atoms with Crippen LogP contribution in [-0.4, -0.2) is 27.8 Å². The number of aryl methyl sites for hydroxylation is 3. The van der Waals surface area contributed by atoms with Crippen molar-refractivity contribution in [3.8, 4) is 15.9 Å². The van der Waals surface area contributed by atoms with Gasteiger partial charge in [-0.1, -0.05) is 0 Å². The van der Waals surface area contributed by atoms with Crippen LogP contribution in [0, 0.1) is 20.8 Å². The molecule has 30 heavy (non-hydrogen) atoms. The van der Waals surface area contributed by atoms with Gasteiger partial charge in [0.15, 0.2) is 0 Å². The Kier molecular flexibility index (Phi) is 7.08. The van der Waals surface area contributed by atoms with Crippen molar-refractivity contribution in [2.24, 2.45) is 0 Å². The molecule has 0 saturated carbocycles. The summed E-state index contributed by atoms with van der Waals surface area (Å²) in [5.74, 6) is 2.04. The molecule has 3 aromatic rings. The summed E-state index contributed by atoms with van der Waals surface area (Å²) in [6.07, 6.45) is 0. The van der Waals surface area contributed by atoms with Crippen LogP contribution in [0.25, 0.3) is 10.1 Å². The first-order chi connectivity index (χ1) is 14.0. The van der Waals surface area contributed by atoms with E-state index in [-0.39, 0.29) is 5.04 Å². The van der Waals surface area contributed by atoms with E-state index in [2.05, 4.69) is 97.1 Å². The molecule has 3 rings (SSSR count). The van der Waals surface area contributed by atoms with Gasteiger partial charge < -0.3 is 0 Å². The topological polar surface area (TPSA) is 22.1 Å². The van der Waals surface area contributed by atoms with E-state index in [0.717, 1.165) is 11.5 Å². The predicted molar refractivity (Wildman–Crippen MR) is 135 cm³/mol. The molecule has 5 heteroatoms. The predicted octanol–water partition coefficient (Wildman–Crippen LogP) is 7.41. The van der Waals surface area contributed by atoms with Gasteiger partial charge in [-0.25, -0.2) is 0 Å². The first-order valence-corrected chi connectivity index (χ1v) is 16.0. The van der Waals surface area contributed by atoms with Gasteiger partial charge in [-0.3, -0.25) is 0 Å². The molecule has 0 unspecified atom stereocenters. The second-order valence-corrected chi connectivity index (χ2v) is 17.5. The monoisotopic (exact) mass is 503 g/mol. The summed E-state index contributed by atoms with van der Waals surface area (Å²) in [5.41, 5.74) is 4.99. The Hall–Kier alpha value is -1.26. The third kappa shape index (κ3) is 5.50. The Morgan fingerprint density at radius 3 is 2.27 bits per heavy atom. The van der Waals surface area contributed by atoms with E-state index in [0.29, 0.717) is 14.5 Å². The minimum absolute atomic E-state index is 0.205. The molecule has 0 aliphatic heterocycles. The second-order valence-electron chi connectivity index (χ2n) is 9.47. The quantitative estimate of drug-likeness (QED) is 0.259. The van der Waals surface area contributed by atoms with Crippen LogP contribution in [0.4, 0.5) is 0 Å². The zero-order valence-corrected chi connectivity index (χ0v) is 23.0. The fourth-order valence-electron chi connectivity index (χ4n) is 2.78. The Balaban J connectivity index is 1.69. The van der Waals surface area contributed by atoms with Crippen molar-refractivity contribution in [1.29, 1.82) is 0 Å². The van der Waals surface area contributed by atoms with E-state index in [1.54, 1.807) is 0 Å². The number of aromatic nitrogens is 1. The van der Waals surface area contributed by atoms with Crippen LogP contribution in [-0.2, 0) is 5.75 Å². The molecular formula is C25H33NOSSeSi. The summed E-state index contributed by atoms with van der Waals surface area (Å²) in [4.78, 5) is 6.17. The molecule has 0 aliphatic rings. The van der Waals surface area contributed by atoms with Crippen molar-refractivity contribution in [1.82, 2.24) is 4.98 Å². The Morgan fingerprint density at radius 1 is 1.00 bits per heavy atom. The molecule has 0 amide bonds. The SMILES string of the molecule is Cc1ccc(-c2nc(C)c(CSc3ccc(O[Si](C)(C)C(C)(C)C)c(C)c3)[se]2)cc1. The molecule has 0 saturated heterocycles. The third-order valence-electron chi connectivity index (χ3n) is 5.88. The summed E-state index contributed by atoms with van der Waals surface area (Å²) >= 11 is 2.22. The van der Waals surface area contributed by atoms with Gasteiger partial charge in [0, 0.05) is 0 Å². The van der Waals surface area contributed by atoms with Crippen LogP contribution in [0.1, 0.15) is 42.0 Å². The van der Waals surface area contributed by atoms with Crippen LogP contribution in [0.15, 0.2) is 47.4 Å². The molecule has 0 radical (unpaired) electrons. The first kappa shape index (κ1) is 23.4. The van der Waals surface area contributed by atoms with Crippen molar-refractivity contribution in [3.63, 3.8) is 0 Å². The van der Waals surface area contributed by atoms with Crippen LogP contribution in [0.2, 0.25) is 18.1 Å². The van der Waals surface area contributed by atoms with Gasteiger partial charge in [0.2, 0.25) is 0 Å². The number of rotatable bonds is 6. The van der Waals surface area contributed by atoms with Crippen molar-refractivity contribution in [2.45, 2.75) is 70.3 Å². The van der Waals surface area contributed by atoms with Gasteiger partial charge in [0.25, 0.3) is 0 Å². The average Bonchev–Trinajstić information content (AvgIpc) is 3.02. The number of benzene rings is 2. The maximum absolute atomic E-state index is 6.52. The van der Waals surface area contributed by atoms with Gasteiger partial charge in [-0.15, -0.1) is 0 Å². The molecule has 0 fully saturated rings. The molecule has 0 aliphatic carbocycles. The van der Waals surface area contributed by atoms with E-state index in [4.69, 9.17) is 9.41 Å². The average molecular weight is 503 g/mol. The number of thioether (sulfide) groups is 1. The summed E-state index contributed by atoms with van der Waals surface area (Å²) < 4.78 is 9.27. The molecule has 1 aromatic heterocycles. The number of hydrogen-bond donors (Lipinski definition) is 0. The molecule has 0 spiro atoms. The van der Waals surface area contributed by atoms with Gasteiger partial charge in [-0.2, -0.15) is 0 Å². The van der Waals surface area contributed by atoms with E-state index < -0.39 is 8.32 Å². The van der Waals surface area contributed by atoms with Crippen molar-refractivity contribution in [2.75, 3.05) is 0 Å². The molecule has 1 heterocycles. The Bertz CT molecular complexity index is 1020. The van der Waals surface area contributed by atoms with Crippen molar-refractivity contribution < 1.29 is 4.43 Å².